The zero-order valence-corrected chi connectivity index (χ0v) is 15.5. The number of alkyl halides is 3. The second kappa shape index (κ2) is 8.70. The molecule has 0 fully saturated rings. The van der Waals surface area contributed by atoms with Crippen LogP contribution in [0.25, 0.3) is 11.4 Å². The third-order valence-electron chi connectivity index (χ3n) is 3.83. The number of benzene rings is 1. The van der Waals surface area contributed by atoms with E-state index >= 15 is 0 Å². The first-order valence-electron chi connectivity index (χ1n) is 8.34. The van der Waals surface area contributed by atoms with Gasteiger partial charge in [0.2, 0.25) is 0 Å². The summed E-state index contributed by atoms with van der Waals surface area (Å²) in [4.78, 5) is 31.7. The minimum Gasteiger partial charge on any atom is -0.372 e. The summed E-state index contributed by atoms with van der Waals surface area (Å²) in [6, 6.07) is 6.28. The Hall–Kier alpha value is -3.45. The number of aromatic nitrogens is 2. The molecule has 0 aliphatic heterocycles. The average molecular weight is 406 g/mol. The van der Waals surface area contributed by atoms with E-state index in [0.29, 0.717) is 18.2 Å². The van der Waals surface area contributed by atoms with Crippen LogP contribution in [0.5, 0.6) is 0 Å². The lowest BCUT2D eigenvalue weighted by Gasteiger charge is -2.15. The number of rotatable bonds is 4. The molecule has 29 heavy (non-hydrogen) atoms. The van der Waals surface area contributed by atoms with E-state index in [0.717, 1.165) is 0 Å². The Kier molecular flexibility index (Phi) is 6.56. The third-order valence-corrected chi connectivity index (χ3v) is 3.83. The molecule has 0 aliphatic carbocycles. The van der Waals surface area contributed by atoms with Crippen LogP contribution < -0.4 is 5.73 Å². The van der Waals surface area contributed by atoms with Gasteiger partial charge in [-0.2, -0.15) is 13.2 Å². The first-order valence-corrected chi connectivity index (χ1v) is 8.34. The summed E-state index contributed by atoms with van der Waals surface area (Å²) in [7, 11) is 1.51. The maximum absolute atomic E-state index is 13.1. The maximum Gasteiger partial charge on any atom is 0.433 e. The summed E-state index contributed by atoms with van der Waals surface area (Å²) in [5.74, 6) is 2.89. The molecule has 1 aromatic heterocycles. The highest BCUT2D eigenvalue weighted by Gasteiger charge is 2.34. The Morgan fingerprint density at radius 1 is 1.28 bits per heavy atom. The van der Waals surface area contributed by atoms with Crippen LogP contribution in [0.3, 0.4) is 0 Å². The zero-order chi connectivity index (χ0) is 21.8. The van der Waals surface area contributed by atoms with E-state index in [-0.39, 0.29) is 11.4 Å². The van der Waals surface area contributed by atoms with Crippen LogP contribution in [0.2, 0.25) is 0 Å². The molecule has 0 saturated carbocycles. The molecule has 3 N–H and O–H groups in total. The predicted molar refractivity (Wildman–Crippen MR) is 97.2 cm³/mol. The number of likely N-dealkylation sites (N-methyl/N-ethyl adjacent to an activating group) is 1. The highest BCUT2D eigenvalue weighted by Crippen LogP contribution is 2.29. The summed E-state index contributed by atoms with van der Waals surface area (Å²) in [5.41, 5.74) is 3.63. The Morgan fingerprint density at radius 3 is 2.55 bits per heavy atom. The highest BCUT2D eigenvalue weighted by molar-refractivity contribution is 5.91. The fraction of sp³-hybridized carbons (Fsp3) is 0.263. The molecule has 1 unspecified atom stereocenters. The Morgan fingerprint density at radius 2 is 1.97 bits per heavy atom. The van der Waals surface area contributed by atoms with Crippen LogP contribution >= 0.6 is 0 Å². The van der Waals surface area contributed by atoms with Gasteiger partial charge in [-0.15, -0.1) is 0 Å². The van der Waals surface area contributed by atoms with Crippen molar-refractivity contribution in [1.29, 1.82) is 0 Å². The van der Waals surface area contributed by atoms with Gasteiger partial charge in [0, 0.05) is 30.8 Å². The van der Waals surface area contributed by atoms with E-state index in [9.17, 15) is 27.9 Å². The van der Waals surface area contributed by atoms with E-state index in [1.54, 1.807) is 6.92 Å². The molecule has 1 aromatic carbocycles. The van der Waals surface area contributed by atoms with Gasteiger partial charge < -0.3 is 15.7 Å². The summed E-state index contributed by atoms with van der Waals surface area (Å²) in [5, 5.41) is 9.82. The van der Waals surface area contributed by atoms with Crippen molar-refractivity contribution in [1.82, 2.24) is 14.9 Å². The number of aliphatic hydroxyl groups is 1. The van der Waals surface area contributed by atoms with Crippen LogP contribution in [0.1, 0.15) is 28.7 Å². The van der Waals surface area contributed by atoms with Crippen LogP contribution in [-0.2, 0) is 11.0 Å². The van der Waals surface area contributed by atoms with Crippen molar-refractivity contribution in [2.45, 2.75) is 19.2 Å². The lowest BCUT2D eigenvalue weighted by Crippen LogP contribution is -2.35. The van der Waals surface area contributed by atoms with Crippen molar-refractivity contribution in [2.24, 2.45) is 5.73 Å². The fourth-order valence-corrected chi connectivity index (χ4v) is 2.16. The fourth-order valence-electron chi connectivity index (χ4n) is 2.16. The number of carbonyl (C=O) groups is 2. The van der Waals surface area contributed by atoms with Gasteiger partial charge in [-0.3, -0.25) is 9.59 Å². The van der Waals surface area contributed by atoms with Crippen molar-refractivity contribution in [2.75, 3.05) is 13.6 Å². The van der Waals surface area contributed by atoms with Gasteiger partial charge in [-0.1, -0.05) is 24.0 Å². The summed E-state index contributed by atoms with van der Waals surface area (Å²) < 4.78 is 39.2. The van der Waals surface area contributed by atoms with Crippen molar-refractivity contribution in [3.63, 3.8) is 0 Å². The van der Waals surface area contributed by atoms with Gasteiger partial charge in [0.25, 0.3) is 11.8 Å². The molecule has 0 aliphatic rings. The Labute approximate surface area is 164 Å². The Bertz CT molecular complexity index is 996. The topological polar surface area (TPSA) is 109 Å². The van der Waals surface area contributed by atoms with Crippen LogP contribution in [0.15, 0.2) is 30.3 Å². The number of nitrogens with zero attached hydrogens (tertiary/aromatic N) is 3. The number of carbonyl (C=O) groups excluding carboxylic acids is 2. The minimum absolute atomic E-state index is 0.150. The van der Waals surface area contributed by atoms with Crippen molar-refractivity contribution >= 4 is 11.8 Å². The predicted octanol–water partition coefficient (Wildman–Crippen LogP) is 1.45. The molecule has 0 spiro atoms. The quantitative estimate of drug-likeness (QED) is 0.747. The maximum atomic E-state index is 13.1. The van der Waals surface area contributed by atoms with Crippen molar-refractivity contribution in [3.8, 4) is 23.2 Å². The number of aliphatic hydroxyl groups excluding tert-OH is 1. The lowest BCUT2D eigenvalue weighted by molar-refractivity contribution is -0.141. The van der Waals surface area contributed by atoms with Gasteiger partial charge >= 0.3 is 6.18 Å². The molecule has 1 atom stereocenters. The summed E-state index contributed by atoms with van der Waals surface area (Å²) in [6.07, 6.45) is -6.34. The van der Waals surface area contributed by atoms with Gasteiger partial charge in [0.05, 0.1) is 0 Å². The molecular weight excluding hydrogens is 389 g/mol. The molecular formula is C19H17F3N4O3. The van der Waals surface area contributed by atoms with E-state index in [1.807, 2.05) is 0 Å². The SMILES string of the molecule is CCN(C)C(=O)C(O)C#Cc1cccc(-c2nc(C(N)=O)cc(C(F)(F)F)n2)c1. The third kappa shape index (κ3) is 5.52. The molecule has 152 valence electrons. The van der Waals surface area contributed by atoms with Crippen molar-refractivity contribution in [3.05, 3.63) is 47.3 Å². The van der Waals surface area contributed by atoms with Crippen LogP contribution in [0.4, 0.5) is 13.2 Å². The number of primary amides is 1. The van der Waals surface area contributed by atoms with Gasteiger partial charge in [-0.05, 0) is 19.1 Å². The monoisotopic (exact) mass is 406 g/mol. The number of amides is 2. The molecule has 7 nitrogen and oxygen atoms in total. The normalized spacial score (nSPS) is 11.9. The van der Waals surface area contributed by atoms with E-state index in [1.165, 1.54) is 36.2 Å². The first kappa shape index (κ1) is 21.8. The van der Waals surface area contributed by atoms with Gasteiger partial charge in [-0.25, -0.2) is 9.97 Å². The van der Waals surface area contributed by atoms with E-state index in [2.05, 4.69) is 21.8 Å². The molecule has 1 heterocycles. The molecule has 2 aromatic rings. The molecule has 0 saturated heterocycles. The largest absolute Gasteiger partial charge is 0.433 e. The second-order valence-corrected chi connectivity index (χ2v) is 5.93. The zero-order valence-electron chi connectivity index (χ0n) is 15.5. The smallest absolute Gasteiger partial charge is 0.372 e. The summed E-state index contributed by atoms with van der Waals surface area (Å²) in [6.45, 7) is 2.12. The number of nitrogens with two attached hydrogens (primary N) is 1. The highest BCUT2D eigenvalue weighted by atomic mass is 19.4. The Balaban J connectivity index is 2.42. The molecule has 0 radical (unpaired) electrons. The standard InChI is InChI=1S/C19H17F3N4O3/c1-3-26(2)18(29)14(27)8-7-11-5-4-6-12(9-11)17-24-13(16(23)28)10-15(25-17)19(20,21)22/h4-6,9-10,14,27H,3H2,1-2H3,(H2,23,28). The van der Waals surface area contributed by atoms with E-state index in [4.69, 9.17) is 5.73 Å². The first-order chi connectivity index (χ1) is 13.5. The van der Waals surface area contributed by atoms with Gasteiger partial charge in [0.15, 0.2) is 11.9 Å². The molecule has 2 amide bonds. The molecule has 0 bridgehead atoms. The lowest BCUT2D eigenvalue weighted by atomic mass is 10.1. The minimum atomic E-state index is -4.80. The second-order valence-electron chi connectivity index (χ2n) is 5.93. The van der Waals surface area contributed by atoms with Crippen molar-refractivity contribution < 1.29 is 27.9 Å². The van der Waals surface area contributed by atoms with Gasteiger partial charge in [0.1, 0.15) is 11.4 Å². The molecule has 10 heteroatoms. The summed E-state index contributed by atoms with van der Waals surface area (Å²) >= 11 is 0. The van der Waals surface area contributed by atoms with E-state index < -0.39 is 35.5 Å². The van der Waals surface area contributed by atoms with Crippen LogP contribution in [-0.4, -0.2) is 51.5 Å². The number of hydrogen-bond acceptors (Lipinski definition) is 5. The number of hydrogen-bond donors (Lipinski definition) is 2. The number of halogens is 3. The van der Waals surface area contributed by atoms with Crippen LogP contribution in [0, 0.1) is 11.8 Å². The molecule has 2 rings (SSSR count). The average Bonchev–Trinajstić information content (AvgIpc) is 2.69.